The highest BCUT2D eigenvalue weighted by Crippen LogP contribution is 2.34. The summed E-state index contributed by atoms with van der Waals surface area (Å²) in [5, 5.41) is -0.0350. The minimum atomic E-state index is -0.0350. The van der Waals surface area contributed by atoms with Gasteiger partial charge < -0.3 is 9.64 Å². The first-order chi connectivity index (χ1) is 9.49. The number of rotatable bonds is 2. The molecule has 1 saturated carbocycles. The van der Waals surface area contributed by atoms with Gasteiger partial charge in [-0.15, -0.1) is 0 Å². The number of fused-ring (bicyclic) bond motifs is 1. The molecule has 2 rings (SSSR count). The summed E-state index contributed by atoms with van der Waals surface area (Å²) in [6.45, 7) is 6.38. The summed E-state index contributed by atoms with van der Waals surface area (Å²) < 4.78 is 6.16. The maximum absolute atomic E-state index is 6.24. The van der Waals surface area contributed by atoms with Gasteiger partial charge in [0.15, 0.2) is 0 Å². The number of nitrogens with zero attached hydrogens (tertiary/aromatic N) is 2. The van der Waals surface area contributed by atoms with Gasteiger partial charge in [-0.25, -0.2) is 4.99 Å². The molecule has 1 aliphatic heterocycles. The maximum atomic E-state index is 6.24. The van der Waals surface area contributed by atoms with Crippen LogP contribution in [0.15, 0.2) is 4.99 Å². The average molecular weight is 294 g/mol. The van der Waals surface area contributed by atoms with Gasteiger partial charge in [0.2, 0.25) is 0 Å². The van der Waals surface area contributed by atoms with Gasteiger partial charge in [0, 0.05) is 6.04 Å². The molecule has 1 saturated heterocycles. The first kappa shape index (κ1) is 16.1. The third-order valence-electron chi connectivity index (χ3n) is 4.23. The number of thiol groups is 1. The lowest BCUT2D eigenvalue weighted by atomic mass is 9.78. The molecule has 20 heavy (non-hydrogen) atoms. The molecule has 5 heteroatoms. The second-order valence-electron chi connectivity index (χ2n) is 6.40. The van der Waals surface area contributed by atoms with E-state index in [-0.39, 0.29) is 17.3 Å². The van der Waals surface area contributed by atoms with E-state index in [2.05, 4.69) is 36.4 Å². The third kappa shape index (κ3) is 3.87. The molecule has 4 atom stereocenters. The Labute approximate surface area is 130 Å². The van der Waals surface area contributed by atoms with Crippen molar-refractivity contribution in [2.75, 3.05) is 0 Å². The van der Waals surface area contributed by atoms with Gasteiger partial charge in [-0.05, 0) is 33.6 Å². The van der Waals surface area contributed by atoms with Crippen LogP contribution >= 0.6 is 12.6 Å². The van der Waals surface area contributed by atoms with Crippen molar-refractivity contribution in [3.05, 3.63) is 0 Å². The van der Waals surface area contributed by atoms with E-state index in [1.165, 1.54) is 25.7 Å². The van der Waals surface area contributed by atoms with Crippen LogP contribution in [0.2, 0.25) is 5.82 Å². The van der Waals surface area contributed by atoms with E-state index in [4.69, 9.17) is 12.6 Å². The highest BCUT2D eigenvalue weighted by atomic mass is 32.1. The minimum Gasteiger partial charge on any atom is -0.460 e. The van der Waals surface area contributed by atoms with Gasteiger partial charge in [-0.3, -0.25) is 0 Å². The normalized spacial score (nSPS) is 35.1. The van der Waals surface area contributed by atoms with Crippen LogP contribution in [-0.2, 0) is 4.74 Å². The Bertz CT molecular complexity index is 349. The summed E-state index contributed by atoms with van der Waals surface area (Å²) in [4.78, 5) is 6.90. The molecule has 112 valence electrons. The van der Waals surface area contributed by atoms with Gasteiger partial charge in [-0.1, -0.05) is 31.5 Å². The predicted molar refractivity (Wildman–Crippen MR) is 88.7 cm³/mol. The van der Waals surface area contributed by atoms with Gasteiger partial charge >= 0.3 is 0 Å². The zero-order chi connectivity index (χ0) is 14.7. The minimum absolute atomic E-state index is 0.0350. The second-order valence-corrected chi connectivity index (χ2v) is 7.15. The molecule has 2 aliphatic rings. The van der Waals surface area contributed by atoms with Crippen molar-refractivity contribution in [2.45, 2.75) is 88.7 Å². The van der Waals surface area contributed by atoms with Crippen molar-refractivity contribution >= 4 is 26.5 Å². The molecule has 4 unspecified atom stereocenters. The molecule has 0 bridgehead atoms. The molecule has 2 radical (unpaired) electrons. The van der Waals surface area contributed by atoms with Crippen LogP contribution in [0.3, 0.4) is 0 Å². The van der Waals surface area contributed by atoms with E-state index in [9.17, 15) is 0 Å². The smallest absolute Gasteiger partial charge is 0.289 e. The number of ether oxygens (including phenoxy) is 1. The van der Waals surface area contributed by atoms with Crippen LogP contribution in [-0.4, -0.2) is 42.3 Å². The first-order valence-electron chi connectivity index (χ1n) is 7.95. The molecular weight excluding hydrogens is 267 g/mol. The van der Waals surface area contributed by atoms with Crippen LogP contribution < -0.4 is 0 Å². The van der Waals surface area contributed by atoms with Gasteiger partial charge in [0.25, 0.3) is 6.02 Å². The topological polar surface area (TPSA) is 24.8 Å². The fourth-order valence-corrected chi connectivity index (χ4v) is 3.44. The van der Waals surface area contributed by atoms with Gasteiger partial charge in [0.05, 0.1) is 19.3 Å². The highest BCUT2D eigenvalue weighted by molar-refractivity contribution is 7.80. The average Bonchev–Trinajstić information content (AvgIpc) is 2.67. The van der Waals surface area contributed by atoms with Crippen LogP contribution in [0.4, 0.5) is 0 Å². The Morgan fingerprint density at radius 2 is 1.95 bits per heavy atom. The largest absolute Gasteiger partial charge is 0.460 e. The lowest BCUT2D eigenvalue weighted by Gasteiger charge is -2.29. The first-order valence-corrected chi connectivity index (χ1v) is 8.47. The molecule has 0 aromatic carbocycles. The van der Waals surface area contributed by atoms with Crippen molar-refractivity contribution < 1.29 is 4.74 Å². The summed E-state index contributed by atoms with van der Waals surface area (Å²) in [6, 6.07) is 1.59. The molecule has 0 N–H and O–H groups in total. The maximum Gasteiger partial charge on any atom is 0.289 e. The van der Waals surface area contributed by atoms with E-state index in [0.717, 1.165) is 18.9 Å². The molecule has 0 spiro atoms. The summed E-state index contributed by atoms with van der Waals surface area (Å²) in [6.07, 6.45) is 7.20. The van der Waals surface area contributed by atoms with E-state index in [1.54, 1.807) is 0 Å². The van der Waals surface area contributed by atoms with Crippen LogP contribution in [0.5, 0.6) is 0 Å². The molecule has 3 nitrogen and oxygen atoms in total. The van der Waals surface area contributed by atoms with Crippen LogP contribution in [0, 0.1) is 0 Å². The Morgan fingerprint density at radius 1 is 1.25 bits per heavy atom. The fourth-order valence-electron chi connectivity index (χ4n) is 3.34. The van der Waals surface area contributed by atoms with Gasteiger partial charge in [0.1, 0.15) is 6.10 Å². The fraction of sp³-hybridized carbons (Fsp3) is 0.933. The zero-order valence-electron chi connectivity index (χ0n) is 13.0. The van der Waals surface area contributed by atoms with E-state index in [0.29, 0.717) is 12.1 Å². The Kier molecular flexibility index (Phi) is 5.70. The van der Waals surface area contributed by atoms with E-state index >= 15 is 0 Å². The number of amidine groups is 1. The molecule has 0 aromatic rings. The SMILES string of the molecule is [B]C1CCCCCC2C(C1)OC(=NC(C)S)N2C(C)C. The molecule has 0 aromatic heterocycles. The zero-order valence-corrected chi connectivity index (χ0v) is 13.9. The molecule has 2 fully saturated rings. The Hall–Kier alpha value is -0.315. The Balaban J connectivity index is 2.21. The van der Waals surface area contributed by atoms with Crippen molar-refractivity contribution in [3.8, 4) is 0 Å². The second kappa shape index (κ2) is 7.10. The quantitative estimate of drug-likeness (QED) is 0.623. The standard InChI is InChI=1S/C15H27BN2OS/c1-10(2)18-13-8-6-4-5-7-12(16)9-14(13)19-15(18)17-11(3)20/h10-14,20H,4-9H2,1-3H3. The molecule has 0 amide bonds. The highest BCUT2D eigenvalue weighted by Gasteiger charge is 2.41. The van der Waals surface area contributed by atoms with E-state index in [1.807, 2.05) is 6.92 Å². The summed E-state index contributed by atoms with van der Waals surface area (Å²) in [5.41, 5.74) is 0. The molecule has 1 heterocycles. The molecular formula is C15H27BN2OS. The predicted octanol–water partition coefficient (Wildman–Crippen LogP) is 3.41. The number of hydrogen-bond donors (Lipinski definition) is 1. The lowest BCUT2D eigenvalue weighted by Crippen LogP contribution is -2.42. The van der Waals surface area contributed by atoms with Crippen molar-refractivity contribution in [1.29, 1.82) is 0 Å². The Morgan fingerprint density at radius 3 is 2.60 bits per heavy atom. The summed E-state index contributed by atoms with van der Waals surface area (Å²) >= 11 is 4.37. The summed E-state index contributed by atoms with van der Waals surface area (Å²) in [5.74, 6) is 0.252. The third-order valence-corrected chi connectivity index (χ3v) is 4.34. The van der Waals surface area contributed by atoms with Crippen LogP contribution in [0.25, 0.3) is 0 Å². The lowest BCUT2D eigenvalue weighted by molar-refractivity contribution is 0.162. The van der Waals surface area contributed by atoms with Gasteiger partial charge in [-0.2, -0.15) is 12.6 Å². The number of aliphatic imine (C=N–C) groups is 1. The van der Waals surface area contributed by atoms with Crippen molar-refractivity contribution in [3.63, 3.8) is 0 Å². The summed E-state index contributed by atoms with van der Waals surface area (Å²) in [7, 11) is 6.24. The number of hydrogen-bond acceptors (Lipinski definition) is 3. The van der Waals surface area contributed by atoms with Crippen molar-refractivity contribution in [2.24, 2.45) is 4.99 Å². The van der Waals surface area contributed by atoms with Crippen LogP contribution in [0.1, 0.15) is 59.3 Å². The van der Waals surface area contributed by atoms with E-state index < -0.39 is 0 Å². The van der Waals surface area contributed by atoms with Crippen molar-refractivity contribution in [1.82, 2.24) is 4.90 Å². The monoisotopic (exact) mass is 294 g/mol. The molecule has 1 aliphatic carbocycles.